The third-order valence-corrected chi connectivity index (χ3v) is 6.13. The van der Waals surface area contributed by atoms with Crippen LogP contribution in [0.15, 0.2) is 0 Å². The molecule has 0 aromatic heterocycles. The molecule has 0 saturated carbocycles. The molecule has 0 bridgehead atoms. The average Bonchev–Trinajstić information content (AvgIpc) is 2.71. The molecule has 0 aliphatic carbocycles. The Bertz CT molecular complexity index is 522. The SMILES string of the molecule is CCCCCCCCCCC[C@@H](C[C@@H]1OC(=O)[C@H]1CC)OC(=O)[C@H](CC(C)C)NC=O. The summed E-state index contributed by atoms with van der Waals surface area (Å²) >= 11 is 0. The first-order valence-electron chi connectivity index (χ1n) is 12.5. The molecule has 0 spiro atoms. The van der Waals surface area contributed by atoms with Crippen LogP contribution in [0.2, 0.25) is 0 Å². The van der Waals surface area contributed by atoms with E-state index < -0.39 is 6.04 Å². The van der Waals surface area contributed by atoms with Crippen LogP contribution in [-0.2, 0) is 23.9 Å². The summed E-state index contributed by atoms with van der Waals surface area (Å²) in [5.41, 5.74) is 0. The fourth-order valence-corrected chi connectivity index (χ4v) is 4.24. The van der Waals surface area contributed by atoms with Gasteiger partial charge in [0.2, 0.25) is 6.41 Å². The van der Waals surface area contributed by atoms with E-state index in [9.17, 15) is 14.4 Å². The third kappa shape index (κ3) is 11.0. The van der Waals surface area contributed by atoms with Gasteiger partial charge in [0, 0.05) is 6.42 Å². The summed E-state index contributed by atoms with van der Waals surface area (Å²) in [6, 6.07) is -0.631. The lowest BCUT2D eigenvalue weighted by molar-refractivity contribution is -0.190. The van der Waals surface area contributed by atoms with Crippen LogP contribution in [0.25, 0.3) is 0 Å². The van der Waals surface area contributed by atoms with Crippen molar-refractivity contribution in [3.8, 4) is 0 Å². The average molecular weight is 440 g/mol. The van der Waals surface area contributed by atoms with Crippen LogP contribution in [0.5, 0.6) is 0 Å². The Morgan fingerprint density at radius 2 is 1.68 bits per heavy atom. The molecular weight excluding hydrogens is 394 g/mol. The van der Waals surface area contributed by atoms with E-state index in [1.165, 1.54) is 44.9 Å². The minimum Gasteiger partial charge on any atom is -0.461 e. The van der Waals surface area contributed by atoms with Crippen molar-refractivity contribution in [2.75, 3.05) is 0 Å². The molecule has 1 N–H and O–H groups in total. The largest absolute Gasteiger partial charge is 0.461 e. The second-order valence-corrected chi connectivity index (χ2v) is 9.37. The smallest absolute Gasteiger partial charge is 0.328 e. The van der Waals surface area contributed by atoms with Crippen LogP contribution in [0.3, 0.4) is 0 Å². The van der Waals surface area contributed by atoms with Crippen molar-refractivity contribution in [3.63, 3.8) is 0 Å². The zero-order chi connectivity index (χ0) is 23.1. The summed E-state index contributed by atoms with van der Waals surface area (Å²) in [5.74, 6) is -0.372. The van der Waals surface area contributed by atoms with Gasteiger partial charge in [-0.25, -0.2) is 4.79 Å². The molecule has 1 heterocycles. The van der Waals surface area contributed by atoms with Crippen LogP contribution in [0.1, 0.15) is 111 Å². The van der Waals surface area contributed by atoms with Gasteiger partial charge in [0.15, 0.2) is 0 Å². The predicted molar refractivity (Wildman–Crippen MR) is 122 cm³/mol. The van der Waals surface area contributed by atoms with Crippen LogP contribution in [0, 0.1) is 11.8 Å². The first-order chi connectivity index (χ1) is 14.9. The van der Waals surface area contributed by atoms with E-state index in [1.807, 2.05) is 20.8 Å². The van der Waals surface area contributed by atoms with Gasteiger partial charge in [-0.2, -0.15) is 0 Å². The van der Waals surface area contributed by atoms with Crippen molar-refractivity contribution in [1.29, 1.82) is 0 Å². The maximum atomic E-state index is 12.7. The van der Waals surface area contributed by atoms with E-state index in [0.717, 1.165) is 25.7 Å². The minimum atomic E-state index is -0.631. The summed E-state index contributed by atoms with van der Waals surface area (Å²) in [6.07, 6.45) is 13.8. The number of rotatable bonds is 19. The number of carbonyl (C=O) groups excluding carboxylic acids is 3. The maximum absolute atomic E-state index is 12.7. The van der Waals surface area contributed by atoms with Crippen molar-refractivity contribution in [1.82, 2.24) is 5.32 Å². The van der Waals surface area contributed by atoms with Gasteiger partial charge in [-0.3, -0.25) is 9.59 Å². The van der Waals surface area contributed by atoms with E-state index in [4.69, 9.17) is 9.47 Å². The highest BCUT2D eigenvalue weighted by Crippen LogP contribution is 2.31. The van der Waals surface area contributed by atoms with E-state index in [-0.39, 0.29) is 36.0 Å². The van der Waals surface area contributed by atoms with Crippen molar-refractivity contribution in [2.45, 2.75) is 129 Å². The Morgan fingerprint density at radius 1 is 1.06 bits per heavy atom. The Morgan fingerprint density at radius 3 is 2.19 bits per heavy atom. The summed E-state index contributed by atoms with van der Waals surface area (Å²) in [6.45, 7) is 8.22. The number of ether oxygens (including phenoxy) is 2. The number of cyclic esters (lactones) is 1. The monoisotopic (exact) mass is 439 g/mol. The number of esters is 2. The molecule has 6 heteroatoms. The van der Waals surface area contributed by atoms with Gasteiger partial charge in [0.05, 0.1) is 5.92 Å². The fraction of sp³-hybridized carbons (Fsp3) is 0.880. The lowest BCUT2D eigenvalue weighted by Crippen LogP contribution is -2.47. The summed E-state index contributed by atoms with van der Waals surface area (Å²) in [4.78, 5) is 35.2. The zero-order valence-electron chi connectivity index (χ0n) is 20.2. The highest BCUT2D eigenvalue weighted by molar-refractivity contribution is 5.79. The molecule has 1 rings (SSSR count). The van der Waals surface area contributed by atoms with Gasteiger partial charge < -0.3 is 14.8 Å². The number of hydrogen-bond acceptors (Lipinski definition) is 5. The minimum absolute atomic E-state index is 0.0936. The number of carbonyl (C=O) groups is 3. The molecule has 1 aliphatic rings. The van der Waals surface area contributed by atoms with Gasteiger partial charge >= 0.3 is 11.9 Å². The molecule has 4 atom stereocenters. The molecule has 0 aromatic rings. The Labute approximate surface area is 189 Å². The Kier molecular flexibility index (Phi) is 14.3. The lowest BCUT2D eigenvalue weighted by atomic mass is 9.88. The quantitative estimate of drug-likeness (QED) is 0.167. The van der Waals surface area contributed by atoms with E-state index in [0.29, 0.717) is 19.3 Å². The second-order valence-electron chi connectivity index (χ2n) is 9.37. The molecule has 0 aromatic carbocycles. The second kappa shape index (κ2) is 16.1. The number of amides is 1. The van der Waals surface area contributed by atoms with Gasteiger partial charge in [-0.05, 0) is 31.6 Å². The first kappa shape index (κ1) is 27.4. The van der Waals surface area contributed by atoms with Crippen molar-refractivity contribution < 1.29 is 23.9 Å². The van der Waals surface area contributed by atoms with E-state index >= 15 is 0 Å². The van der Waals surface area contributed by atoms with Crippen molar-refractivity contribution >= 4 is 18.3 Å². The summed E-state index contributed by atoms with van der Waals surface area (Å²) < 4.78 is 11.1. The Hall–Kier alpha value is -1.59. The molecule has 180 valence electrons. The van der Waals surface area contributed by atoms with Crippen LogP contribution in [0.4, 0.5) is 0 Å². The molecule has 1 saturated heterocycles. The predicted octanol–water partition coefficient (Wildman–Crippen LogP) is 5.32. The highest BCUT2D eigenvalue weighted by Gasteiger charge is 2.42. The molecule has 0 radical (unpaired) electrons. The first-order valence-corrected chi connectivity index (χ1v) is 12.5. The van der Waals surface area contributed by atoms with Gasteiger partial charge in [0.1, 0.15) is 18.2 Å². The van der Waals surface area contributed by atoms with Gasteiger partial charge in [-0.1, -0.05) is 79.1 Å². The molecule has 0 unspecified atom stereocenters. The van der Waals surface area contributed by atoms with Gasteiger partial charge in [0.25, 0.3) is 0 Å². The molecule has 6 nitrogen and oxygen atoms in total. The molecule has 1 aliphatic heterocycles. The summed E-state index contributed by atoms with van der Waals surface area (Å²) in [7, 11) is 0. The van der Waals surface area contributed by atoms with E-state index in [1.54, 1.807) is 0 Å². The van der Waals surface area contributed by atoms with Crippen LogP contribution in [-0.4, -0.2) is 36.6 Å². The Balaban J connectivity index is 2.50. The lowest BCUT2D eigenvalue weighted by Gasteiger charge is -2.36. The highest BCUT2D eigenvalue weighted by atomic mass is 16.6. The van der Waals surface area contributed by atoms with Crippen molar-refractivity contribution in [3.05, 3.63) is 0 Å². The molecule has 1 amide bonds. The number of hydrogen-bond donors (Lipinski definition) is 1. The van der Waals surface area contributed by atoms with Gasteiger partial charge in [-0.15, -0.1) is 0 Å². The number of unbranched alkanes of at least 4 members (excludes halogenated alkanes) is 8. The summed E-state index contributed by atoms with van der Waals surface area (Å²) in [5, 5.41) is 2.59. The normalized spacial score (nSPS) is 20.0. The molecular formula is C25H45NO5. The maximum Gasteiger partial charge on any atom is 0.328 e. The standard InChI is InChI=1S/C25H45NO5/c1-5-7-8-9-10-11-12-13-14-15-20(17-23-21(6-2)24(28)31-23)30-25(29)22(26-18-27)16-19(3)4/h18-23H,5-17H2,1-4H3,(H,26,27)/t20-,21-,22-,23-/m0/s1. The molecule has 1 fully saturated rings. The third-order valence-electron chi connectivity index (χ3n) is 6.13. The van der Waals surface area contributed by atoms with Crippen LogP contribution < -0.4 is 5.32 Å². The molecule has 31 heavy (non-hydrogen) atoms. The van der Waals surface area contributed by atoms with E-state index in [2.05, 4.69) is 12.2 Å². The topological polar surface area (TPSA) is 81.7 Å². The zero-order valence-corrected chi connectivity index (χ0v) is 20.2. The van der Waals surface area contributed by atoms with Crippen LogP contribution >= 0.6 is 0 Å². The van der Waals surface area contributed by atoms with Crippen molar-refractivity contribution in [2.24, 2.45) is 11.8 Å². The number of nitrogens with one attached hydrogen (secondary N) is 1. The fourth-order valence-electron chi connectivity index (χ4n) is 4.24.